The summed E-state index contributed by atoms with van der Waals surface area (Å²) in [7, 11) is 0. The Hall–Kier alpha value is -1.26. The number of ether oxygens (including phenoxy) is 2. The molecular formula is C10H11ClO4. The minimum atomic E-state index is -0.993. The monoisotopic (exact) mass is 230 g/mol. The molecule has 1 aromatic carbocycles. The molecule has 0 heterocycles. The second-order valence-electron chi connectivity index (χ2n) is 2.73. The van der Waals surface area contributed by atoms with Crippen LogP contribution >= 0.6 is 11.6 Å². The van der Waals surface area contributed by atoms with Crippen molar-refractivity contribution in [3.8, 4) is 5.75 Å². The van der Waals surface area contributed by atoms with Gasteiger partial charge in [-0.2, -0.15) is 0 Å². The van der Waals surface area contributed by atoms with Crippen LogP contribution in [0.1, 0.15) is 0 Å². The molecule has 5 heteroatoms. The Balaban J connectivity index is 2.21. The zero-order valence-corrected chi connectivity index (χ0v) is 8.74. The SMILES string of the molecule is O=C(O)COCCOc1ccccc1Cl. The number of para-hydroxylation sites is 1. The van der Waals surface area contributed by atoms with Crippen molar-refractivity contribution in [2.24, 2.45) is 0 Å². The molecule has 0 atom stereocenters. The fourth-order valence-corrected chi connectivity index (χ4v) is 1.12. The van der Waals surface area contributed by atoms with E-state index in [4.69, 9.17) is 26.2 Å². The van der Waals surface area contributed by atoms with Gasteiger partial charge < -0.3 is 14.6 Å². The van der Waals surface area contributed by atoms with E-state index in [0.29, 0.717) is 10.8 Å². The second kappa shape index (κ2) is 6.27. The van der Waals surface area contributed by atoms with Gasteiger partial charge in [0.2, 0.25) is 0 Å². The number of hydrogen-bond acceptors (Lipinski definition) is 3. The van der Waals surface area contributed by atoms with Gasteiger partial charge in [-0.1, -0.05) is 23.7 Å². The number of hydrogen-bond donors (Lipinski definition) is 1. The normalized spacial score (nSPS) is 9.93. The van der Waals surface area contributed by atoms with E-state index in [1.807, 2.05) is 0 Å². The van der Waals surface area contributed by atoms with E-state index >= 15 is 0 Å². The Bertz CT molecular complexity index is 327. The molecule has 1 aromatic rings. The largest absolute Gasteiger partial charge is 0.490 e. The van der Waals surface area contributed by atoms with Crippen molar-refractivity contribution < 1.29 is 19.4 Å². The summed E-state index contributed by atoms with van der Waals surface area (Å²) < 4.78 is 10.1. The number of carboxylic acid groups (broad SMARTS) is 1. The van der Waals surface area contributed by atoms with Crippen LogP contribution in [0.5, 0.6) is 5.75 Å². The molecule has 0 radical (unpaired) electrons. The number of carbonyl (C=O) groups is 1. The molecule has 0 bridgehead atoms. The highest BCUT2D eigenvalue weighted by molar-refractivity contribution is 6.32. The quantitative estimate of drug-likeness (QED) is 0.758. The Morgan fingerprint density at radius 2 is 2.07 bits per heavy atom. The lowest BCUT2D eigenvalue weighted by Gasteiger charge is -2.07. The number of aliphatic carboxylic acids is 1. The molecule has 0 saturated carbocycles. The number of rotatable bonds is 6. The molecule has 0 aliphatic heterocycles. The zero-order valence-electron chi connectivity index (χ0n) is 7.98. The van der Waals surface area contributed by atoms with E-state index in [1.54, 1.807) is 24.3 Å². The van der Waals surface area contributed by atoms with Gasteiger partial charge in [-0.05, 0) is 12.1 Å². The minimum Gasteiger partial charge on any atom is -0.490 e. The zero-order chi connectivity index (χ0) is 11.1. The van der Waals surface area contributed by atoms with Crippen LogP contribution in [0.4, 0.5) is 0 Å². The minimum absolute atomic E-state index is 0.220. The highest BCUT2D eigenvalue weighted by Gasteiger charge is 2.00. The van der Waals surface area contributed by atoms with E-state index in [9.17, 15) is 4.79 Å². The summed E-state index contributed by atoms with van der Waals surface area (Å²) in [5.74, 6) is -0.425. The van der Waals surface area contributed by atoms with Crippen molar-refractivity contribution in [2.75, 3.05) is 19.8 Å². The van der Waals surface area contributed by atoms with Gasteiger partial charge in [0, 0.05) is 0 Å². The van der Waals surface area contributed by atoms with E-state index < -0.39 is 5.97 Å². The van der Waals surface area contributed by atoms with Gasteiger partial charge in [-0.15, -0.1) is 0 Å². The van der Waals surface area contributed by atoms with Crippen molar-refractivity contribution in [3.05, 3.63) is 29.3 Å². The third kappa shape index (κ3) is 4.67. The third-order valence-electron chi connectivity index (χ3n) is 1.55. The van der Waals surface area contributed by atoms with E-state index in [0.717, 1.165) is 0 Å². The Kier molecular flexibility index (Phi) is 4.93. The molecule has 0 fully saturated rings. The predicted octanol–water partition coefficient (Wildman–Crippen LogP) is 1.82. The fraction of sp³-hybridized carbons (Fsp3) is 0.300. The third-order valence-corrected chi connectivity index (χ3v) is 1.86. The first kappa shape index (κ1) is 11.8. The summed E-state index contributed by atoms with van der Waals surface area (Å²) in [6.45, 7) is 0.181. The maximum Gasteiger partial charge on any atom is 0.329 e. The molecule has 0 aromatic heterocycles. The molecule has 0 spiro atoms. The van der Waals surface area contributed by atoms with Crippen LogP contribution in [0.25, 0.3) is 0 Å². The first-order valence-electron chi connectivity index (χ1n) is 4.37. The summed E-state index contributed by atoms with van der Waals surface area (Å²) in [5, 5.41) is 8.81. The average molecular weight is 231 g/mol. The van der Waals surface area contributed by atoms with Crippen LogP contribution in [-0.2, 0) is 9.53 Å². The second-order valence-corrected chi connectivity index (χ2v) is 3.13. The van der Waals surface area contributed by atoms with E-state index in [1.165, 1.54) is 0 Å². The molecule has 1 N–H and O–H groups in total. The maximum atomic E-state index is 10.1. The van der Waals surface area contributed by atoms with Crippen molar-refractivity contribution in [3.63, 3.8) is 0 Å². The lowest BCUT2D eigenvalue weighted by molar-refractivity contribution is -0.142. The highest BCUT2D eigenvalue weighted by atomic mass is 35.5. The summed E-state index contributed by atoms with van der Waals surface area (Å²) in [6.07, 6.45) is 0. The smallest absolute Gasteiger partial charge is 0.329 e. The first-order valence-corrected chi connectivity index (χ1v) is 4.75. The molecule has 0 amide bonds. The van der Waals surface area contributed by atoms with Crippen molar-refractivity contribution in [2.45, 2.75) is 0 Å². The van der Waals surface area contributed by atoms with Crippen LogP contribution in [0.3, 0.4) is 0 Å². The van der Waals surface area contributed by atoms with Crippen molar-refractivity contribution >= 4 is 17.6 Å². The predicted molar refractivity (Wildman–Crippen MR) is 55.4 cm³/mol. The van der Waals surface area contributed by atoms with Crippen LogP contribution in [0.2, 0.25) is 5.02 Å². The van der Waals surface area contributed by atoms with Gasteiger partial charge in [-0.25, -0.2) is 4.79 Å². The summed E-state index contributed by atoms with van der Waals surface area (Å²) >= 11 is 5.83. The number of carboxylic acids is 1. The molecule has 0 aliphatic carbocycles. The van der Waals surface area contributed by atoms with Crippen molar-refractivity contribution in [1.82, 2.24) is 0 Å². The van der Waals surface area contributed by atoms with E-state index in [2.05, 4.69) is 0 Å². The van der Waals surface area contributed by atoms with Gasteiger partial charge in [0.15, 0.2) is 0 Å². The first-order chi connectivity index (χ1) is 7.20. The summed E-state index contributed by atoms with van der Waals surface area (Å²) in [6, 6.07) is 7.06. The molecule has 1 rings (SSSR count). The Morgan fingerprint density at radius 1 is 1.33 bits per heavy atom. The summed E-state index contributed by atoms with van der Waals surface area (Å²) in [5.41, 5.74) is 0. The molecule has 4 nitrogen and oxygen atoms in total. The van der Waals surface area contributed by atoms with Crippen LogP contribution < -0.4 is 4.74 Å². The van der Waals surface area contributed by atoms with Crippen molar-refractivity contribution in [1.29, 1.82) is 0 Å². The van der Waals surface area contributed by atoms with Gasteiger partial charge in [0.25, 0.3) is 0 Å². The van der Waals surface area contributed by atoms with Gasteiger partial charge >= 0.3 is 5.97 Å². The average Bonchev–Trinajstić information content (AvgIpc) is 2.20. The van der Waals surface area contributed by atoms with Gasteiger partial charge in [-0.3, -0.25) is 0 Å². The maximum absolute atomic E-state index is 10.1. The Morgan fingerprint density at radius 3 is 2.73 bits per heavy atom. The van der Waals surface area contributed by atoms with Crippen LogP contribution in [-0.4, -0.2) is 30.9 Å². The molecular weight excluding hydrogens is 220 g/mol. The molecule has 0 aliphatic rings. The van der Waals surface area contributed by atoms with Gasteiger partial charge in [0.05, 0.1) is 11.6 Å². The lowest BCUT2D eigenvalue weighted by atomic mass is 10.3. The number of halogens is 1. The van der Waals surface area contributed by atoms with Crippen LogP contribution in [0, 0.1) is 0 Å². The topological polar surface area (TPSA) is 55.8 Å². The standard InChI is InChI=1S/C10H11ClO4/c11-8-3-1-2-4-9(8)15-6-5-14-7-10(12)13/h1-4H,5-7H2,(H,12,13). The highest BCUT2D eigenvalue weighted by Crippen LogP contribution is 2.22. The lowest BCUT2D eigenvalue weighted by Crippen LogP contribution is -2.12. The molecule has 0 unspecified atom stereocenters. The summed E-state index contributed by atoms with van der Waals surface area (Å²) in [4.78, 5) is 10.1. The van der Waals surface area contributed by atoms with E-state index in [-0.39, 0.29) is 19.8 Å². The molecule has 15 heavy (non-hydrogen) atoms. The molecule has 0 saturated heterocycles. The Labute approximate surface area is 92.4 Å². The molecule has 82 valence electrons. The fourth-order valence-electron chi connectivity index (χ4n) is 0.932. The van der Waals surface area contributed by atoms with Crippen LogP contribution in [0.15, 0.2) is 24.3 Å². The number of benzene rings is 1. The van der Waals surface area contributed by atoms with Gasteiger partial charge in [0.1, 0.15) is 19.0 Å².